The van der Waals surface area contributed by atoms with Crippen molar-refractivity contribution in [2.75, 3.05) is 31.1 Å². The lowest BCUT2D eigenvalue weighted by Crippen LogP contribution is -2.45. The van der Waals surface area contributed by atoms with E-state index in [2.05, 4.69) is 9.97 Å². The fraction of sp³-hybridized carbons (Fsp3) is 0.452. The van der Waals surface area contributed by atoms with E-state index in [1.54, 1.807) is 29.4 Å². The molecule has 12 heteroatoms. The van der Waals surface area contributed by atoms with Crippen LogP contribution in [0, 0.1) is 11.6 Å². The molecule has 1 N–H and O–H groups in total. The van der Waals surface area contributed by atoms with Crippen LogP contribution in [0.25, 0.3) is 11.1 Å². The molecule has 1 aromatic carbocycles. The van der Waals surface area contributed by atoms with Gasteiger partial charge in [-0.25, -0.2) is 18.6 Å². The summed E-state index contributed by atoms with van der Waals surface area (Å²) in [5.74, 6) is -2.43. The van der Waals surface area contributed by atoms with Gasteiger partial charge in [-0.15, -0.1) is 0 Å². The minimum atomic E-state index is -4.24. The molecule has 1 unspecified atom stereocenters. The Balaban J connectivity index is 1.35. The van der Waals surface area contributed by atoms with E-state index in [1.807, 2.05) is 13.0 Å². The minimum absolute atomic E-state index is 0.0855. The third-order valence-corrected chi connectivity index (χ3v) is 8.38. The third kappa shape index (κ3) is 7.23. The van der Waals surface area contributed by atoms with Gasteiger partial charge in [0.15, 0.2) is 11.6 Å². The number of aromatic nitrogens is 2. The number of alkyl halides is 3. The molecule has 5 rings (SSSR count). The highest BCUT2D eigenvalue weighted by atomic mass is 19.4. The summed E-state index contributed by atoms with van der Waals surface area (Å²) in [6, 6.07) is 6.20. The molecule has 0 aliphatic carbocycles. The summed E-state index contributed by atoms with van der Waals surface area (Å²) in [5, 5.41) is 9.69. The Labute approximate surface area is 246 Å². The van der Waals surface area contributed by atoms with Crippen molar-refractivity contribution in [3.8, 4) is 16.9 Å². The number of hydrogen-bond donors (Lipinski definition) is 1. The van der Waals surface area contributed by atoms with Crippen molar-refractivity contribution in [1.29, 1.82) is 0 Å². The summed E-state index contributed by atoms with van der Waals surface area (Å²) in [4.78, 5) is 23.6. The standard InChI is InChI=1S/C31H33F5N4O3/c1-30(6-10-39(11-7-30)19-31(34,35)36)22-12-20(16-37-17-22)18-43-28-24(14-23(32)15-25(28)33)21-5-8-38-27(13-21)40-9-3-2-4-26(40)29(41)42/h5,8,12-17,26H,2-4,6-7,9-11,18-19H2,1H3,(H,41,42). The number of likely N-dealkylation sites (tertiary alicyclic amines) is 1. The molecule has 0 spiro atoms. The number of carboxylic acids is 1. The monoisotopic (exact) mass is 604 g/mol. The lowest BCUT2D eigenvalue weighted by molar-refractivity contribution is -0.149. The van der Waals surface area contributed by atoms with E-state index in [4.69, 9.17) is 4.74 Å². The molecule has 2 fully saturated rings. The smallest absolute Gasteiger partial charge is 0.401 e. The second-order valence-corrected chi connectivity index (χ2v) is 11.5. The second-order valence-electron chi connectivity index (χ2n) is 11.5. The third-order valence-electron chi connectivity index (χ3n) is 8.38. The number of carboxylic acid groups (broad SMARTS) is 1. The van der Waals surface area contributed by atoms with Crippen LogP contribution < -0.4 is 9.64 Å². The van der Waals surface area contributed by atoms with Crippen molar-refractivity contribution in [2.45, 2.75) is 63.3 Å². The highest BCUT2D eigenvalue weighted by Crippen LogP contribution is 2.38. The van der Waals surface area contributed by atoms with Gasteiger partial charge >= 0.3 is 12.1 Å². The molecule has 0 saturated carbocycles. The first kappa shape index (κ1) is 30.7. The van der Waals surface area contributed by atoms with Crippen LogP contribution in [-0.4, -0.2) is 64.3 Å². The topological polar surface area (TPSA) is 78.8 Å². The first-order valence-corrected chi connectivity index (χ1v) is 14.2. The predicted molar refractivity (Wildman–Crippen MR) is 150 cm³/mol. The molecule has 0 radical (unpaired) electrons. The molecule has 230 valence electrons. The molecule has 2 aliphatic heterocycles. The number of anilines is 1. The number of hydrogen-bond acceptors (Lipinski definition) is 6. The fourth-order valence-electron chi connectivity index (χ4n) is 5.93. The van der Waals surface area contributed by atoms with Crippen LogP contribution in [0.5, 0.6) is 5.75 Å². The van der Waals surface area contributed by atoms with Crippen molar-refractivity contribution >= 4 is 11.8 Å². The zero-order valence-corrected chi connectivity index (χ0v) is 23.7. The van der Waals surface area contributed by atoms with Crippen molar-refractivity contribution < 1.29 is 36.6 Å². The maximum atomic E-state index is 15.1. The summed E-state index contributed by atoms with van der Waals surface area (Å²) in [7, 11) is 0. The first-order valence-electron chi connectivity index (χ1n) is 14.2. The number of benzene rings is 1. The van der Waals surface area contributed by atoms with Crippen LogP contribution in [-0.2, 0) is 16.8 Å². The van der Waals surface area contributed by atoms with Gasteiger partial charge in [-0.3, -0.25) is 9.88 Å². The zero-order valence-electron chi connectivity index (χ0n) is 23.7. The van der Waals surface area contributed by atoms with Crippen LogP contribution in [0.2, 0.25) is 0 Å². The van der Waals surface area contributed by atoms with Gasteiger partial charge in [0.25, 0.3) is 0 Å². The first-order chi connectivity index (χ1) is 20.4. The molecule has 2 aliphatic rings. The maximum Gasteiger partial charge on any atom is 0.401 e. The van der Waals surface area contributed by atoms with Gasteiger partial charge in [0.05, 0.1) is 6.54 Å². The van der Waals surface area contributed by atoms with Gasteiger partial charge < -0.3 is 14.7 Å². The quantitative estimate of drug-likeness (QED) is 0.300. The number of pyridine rings is 2. The summed E-state index contributed by atoms with van der Waals surface area (Å²) in [6.45, 7) is 2.08. The summed E-state index contributed by atoms with van der Waals surface area (Å²) in [6.07, 6.45) is 3.60. The van der Waals surface area contributed by atoms with E-state index in [9.17, 15) is 27.5 Å². The molecule has 2 saturated heterocycles. The van der Waals surface area contributed by atoms with Gasteiger partial charge in [-0.1, -0.05) is 6.92 Å². The van der Waals surface area contributed by atoms with Crippen LogP contribution in [0.3, 0.4) is 0 Å². The highest BCUT2D eigenvalue weighted by Gasteiger charge is 2.37. The van der Waals surface area contributed by atoms with Gasteiger partial charge in [0, 0.05) is 42.3 Å². The summed E-state index contributed by atoms with van der Waals surface area (Å²) >= 11 is 0. The second kappa shape index (κ2) is 12.4. The number of ether oxygens (including phenoxy) is 1. The van der Waals surface area contributed by atoms with Gasteiger partial charge in [0.2, 0.25) is 0 Å². The van der Waals surface area contributed by atoms with E-state index in [-0.39, 0.29) is 23.3 Å². The lowest BCUT2D eigenvalue weighted by Gasteiger charge is -2.40. The molecule has 7 nitrogen and oxygen atoms in total. The largest absolute Gasteiger partial charge is 0.485 e. The Morgan fingerprint density at radius 1 is 1.09 bits per heavy atom. The summed E-state index contributed by atoms with van der Waals surface area (Å²) in [5.41, 5.74) is 1.66. The number of halogens is 5. The molecular formula is C31H33F5N4O3. The van der Waals surface area contributed by atoms with E-state index in [0.717, 1.165) is 30.5 Å². The van der Waals surface area contributed by atoms with Crippen molar-refractivity contribution in [3.05, 3.63) is 71.7 Å². The van der Waals surface area contributed by atoms with Crippen molar-refractivity contribution in [1.82, 2.24) is 14.9 Å². The van der Waals surface area contributed by atoms with Crippen LogP contribution in [0.15, 0.2) is 48.9 Å². The molecule has 4 heterocycles. The zero-order chi connectivity index (χ0) is 30.8. The van der Waals surface area contributed by atoms with E-state index < -0.39 is 36.4 Å². The fourth-order valence-corrected chi connectivity index (χ4v) is 5.93. The number of nitrogens with zero attached hydrogens (tertiary/aromatic N) is 4. The van der Waals surface area contributed by atoms with Crippen LogP contribution in [0.1, 0.15) is 50.2 Å². The Morgan fingerprint density at radius 3 is 2.58 bits per heavy atom. The predicted octanol–water partition coefficient (Wildman–Crippen LogP) is 6.36. The average Bonchev–Trinajstić information content (AvgIpc) is 2.97. The van der Waals surface area contributed by atoms with Crippen LogP contribution in [0.4, 0.5) is 27.8 Å². The van der Waals surface area contributed by atoms with E-state index in [0.29, 0.717) is 55.8 Å². The highest BCUT2D eigenvalue weighted by molar-refractivity contribution is 5.79. The Morgan fingerprint density at radius 2 is 1.86 bits per heavy atom. The van der Waals surface area contributed by atoms with Crippen molar-refractivity contribution in [2.24, 2.45) is 0 Å². The normalized spacial score (nSPS) is 19.3. The Bertz CT molecular complexity index is 1460. The van der Waals surface area contributed by atoms with Crippen LogP contribution >= 0.6 is 0 Å². The summed E-state index contributed by atoms with van der Waals surface area (Å²) < 4.78 is 74.0. The molecule has 2 aromatic heterocycles. The van der Waals surface area contributed by atoms with Crippen molar-refractivity contribution in [3.63, 3.8) is 0 Å². The lowest BCUT2D eigenvalue weighted by atomic mass is 9.75. The average molecular weight is 605 g/mol. The number of piperidine rings is 2. The number of rotatable bonds is 8. The molecular weight excluding hydrogens is 571 g/mol. The minimum Gasteiger partial charge on any atom is -0.485 e. The molecule has 0 bridgehead atoms. The molecule has 1 atom stereocenters. The number of aliphatic carboxylic acids is 1. The van der Waals surface area contributed by atoms with E-state index >= 15 is 4.39 Å². The number of carbonyl (C=O) groups is 1. The van der Waals surface area contributed by atoms with E-state index in [1.165, 1.54) is 11.1 Å². The van der Waals surface area contributed by atoms with Gasteiger partial charge in [-0.2, -0.15) is 13.2 Å². The Kier molecular flexibility index (Phi) is 8.86. The van der Waals surface area contributed by atoms with Gasteiger partial charge in [-0.05, 0) is 86.0 Å². The SMILES string of the molecule is CC1(c2cncc(COc3c(F)cc(F)cc3-c3ccnc(N4CCCCC4C(=O)O)c3)c2)CCN(CC(F)(F)F)CC1. The maximum absolute atomic E-state index is 15.1. The molecule has 0 amide bonds. The molecule has 3 aromatic rings. The Hall–Kier alpha value is -3.80. The van der Waals surface area contributed by atoms with Gasteiger partial charge in [0.1, 0.15) is 24.3 Å². The molecule has 43 heavy (non-hydrogen) atoms.